The Morgan fingerprint density at radius 3 is 2.42 bits per heavy atom. The van der Waals surface area contributed by atoms with E-state index in [9.17, 15) is 23.5 Å². The molecule has 5 rings (SSSR count). The summed E-state index contributed by atoms with van der Waals surface area (Å²) in [6.07, 6.45) is 2.44. The topological polar surface area (TPSA) is 91.3 Å². The molecule has 1 heterocycles. The van der Waals surface area contributed by atoms with E-state index in [1.165, 1.54) is 29.5 Å². The van der Waals surface area contributed by atoms with E-state index in [2.05, 4.69) is 15.6 Å². The molecule has 1 atom stereocenters. The lowest BCUT2D eigenvalue weighted by Crippen LogP contribution is -2.41. The van der Waals surface area contributed by atoms with Gasteiger partial charge in [-0.3, -0.25) is 4.79 Å². The van der Waals surface area contributed by atoms with Gasteiger partial charge in [-0.05, 0) is 65.9 Å². The maximum Gasteiger partial charge on any atom is 0.326 e. The number of fused-ring (bicyclic) bond motifs is 1. The van der Waals surface area contributed by atoms with E-state index < -0.39 is 23.7 Å². The van der Waals surface area contributed by atoms with Crippen LogP contribution in [0.15, 0.2) is 60.7 Å². The SMILES string of the molecule is C.O=C(N[C@@H](CC1CC1)C(=O)O)c1ccc(-c2ccc(Nc3nc4ccc(F)cc4s3)c(F)c2)cc1. The van der Waals surface area contributed by atoms with Crippen LogP contribution in [0, 0.1) is 17.6 Å². The molecule has 6 nitrogen and oxygen atoms in total. The fraction of sp³-hybridized carbons (Fsp3) is 0.222. The van der Waals surface area contributed by atoms with Crippen molar-refractivity contribution < 1.29 is 23.5 Å². The molecule has 1 aliphatic rings. The largest absolute Gasteiger partial charge is 0.480 e. The summed E-state index contributed by atoms with van der Waals surface area (Å²) in [5, 5.41) is 15.3. The van der Waals surface area contributed by atoms with Crippen molar-refractivity contribution >= 4 is 44.2 Å². The van der Waals surface area contributed by atoms with Crippen LogP contribution in [0.25, 0.3) is 21.3 Å². The van der Waals surface area contributed by atoms with Gasteiger partial charge in [0.25, 0.3) is 5.91 Å². The highest BCUT2D eigenvalue weighted by molar-refractivity contribution is 7.22. The van der Waals surface area contributed by atoms with Crippen LogP contribution in [0.1, 0.15) is 37.0 Å². The summed E-state index contributed by atoms with van der Waals surface area (Å²) in [5.41, 5.74) is 2.52. The van der Waals surface area contributed by atoms with Crippen LogP contribution in [-0.2, 0) is 4.79 Å². The van der Waals surface area contributed by atoms with Gasteiger partial charge in [0.1, 0.15) is 17.7 Å². The monoisotopic (exact) mass is 509 g/mol. The van der Waals surface area contributed by atoms with Gasteiger partial charge in [-0.25, -0.2) is 18.6 Å². The number of hydrogen-bond acceptors (Lipinski definition) is 5. The number of benzene rings is 3. The highest BCUT2D eigenvalue weighted by Crippen LogP contribution is 2.34. The molecular weight excluding hydrogens is 484 g/mol. The first-order valence-electron chi connectivity index (χ1n) is 11.1. The molecule has 1 fully saturated rings. The average Bonchev–Trinajstić information content (AvgIpc) is 3.57. The lowest BCUT2D eigenvalue weighted by Gasteiger charge is -2.14. The zero-order valence-corrected chi connectivity index (χ0v) is 19.2. The summed E-state index contributed by atoms with van der Waals surface area (Å²) in [5.74, 6) is -1.97. The third kappa shape index (κ3) is 5.68. The highest BCUT2D eigenvalue weighted by atomic mass is 32.1. The molecule has 1 aromatic heterocycles. The maximum absolute atomic E-state index is 14.8. The molecule has 0 bridgehead atoms. The molecule has 1 aliphatic carbocycles. The van der Waals surface area contributed by atoms with Gasteiger partial charge in [0.2, 0.25) is 0 Å². The molecule has 1 amide bonds. The van der Waals surface area contributed by atoms with Crippen molar-refractivity contribution in [3.8, 4) is 11.1 Å². The van der Waals surface area contributed by atoms with Crippen LogP contribution in [0.3, 0.4) is 0 Å². The van der Waals surface area contributed by atoms with E-state index in [0.717, 1.165) is 12.8 Å². The summed E-state index contributed by atoms with van der Waals surface area (Å²) in [7, 11) is 0. The molecule has 3 aromatic carbocycles. The predicted molar refractivity (Wildman–Crippen MR) is 138 cm³/mol. The minimum Gasteiger partial charge on any atom is -0.480 e. The fourth-order valence-electron chi connectivity index (χ4n) is 3.83. The Morgan fingerprint density at radius 1 is 1.03 bits per heavy atom. The van der Waals surface area contributed by atoms with Gasteiger partial charge in [-0.15, -0.1) is 0 Å². The molecule has 0 aliphatic heterocycles. The van der Waals surface area contributed by atoms with Gasteiger partial charge in [0.05, 0.1) is 15.9 Å². The van der Waals surface area contributed by atoms with E-state index in [0.29, 0.717) is 44.4 Å². The first kappa shape index (κ1) is 25.2. The second-order valence-corrected chi connectivity index (χ2v) is 9.60. The second-order valence-electron chi connectivity index (χ2n) is 8.57. The number of carbonyl (C=O) groups excluding carboxylic acids is 1. The molecule has 0 radical (unpaired) electrons. The number of aromatic nitrogens is 1. The molecule has 0 spiro atoms. The number of halogens is 2. The lowest BCUT2D eigenvalue weighted by atomic mass is 10.0. The van der Waals surface area contributed by atoms with E-state index in [4.69, 9.17) is 0 Å². The van der Waals surface area contributed by atoms with Crippen molar-refractivity contribution in [2.75, 3.05) is 5.32 Å². The fourth-order valence-corrected chi connectivity index (χ4v) is 4.73. The number of carboxylic acid groups (broad SMARTS) is 1. The van der Waals surface area contributed by atoms with E-state index in [-0.39, 0.29) is 18.9 Å². The van der Waals surface area contributed by atoms with Crippen LogP contribution >= 0.6 is 11.3 Å². The number of nitrogens with zero attached hydrogens (tertiary/aromatic N) is 1. The van der Waals surface area contributed by atoms with Gasteiger partial charge in [-0.1, -0.05) is 49.8 Å². The third-order valence-electron chi connectivity index (χ3n) is 5.91. The first-order valence-corrected chi connectivity index (χ1v) is 11.9. The van der Waals surface area contributed by atoms with Gasteiger partial charge in [0, 0.05) is 5.56 Å². The van der Waals surface area contributed by atoms with E-state index in [1.54, 1.807) is 42.5 Å². The molecule has 0 unspecified atom stereocenters. The number of thiazole rings is 1. The van der Waals surface area contributed by atoms with E-state index >= 15 is 0 Å². The van der Waals surface area contributed by atoms with Crippen LogP contribution in [0.4, 0.5) is 19.6 Å². The van der Waals surface area contributed by atoms with Gasteiger partial charge in [0.15, 0.2) is 5.13 Å². The van der Waals surface area contributed by atoms with Crippen molar-refractivity contribution in [3.63, 3.8) is 0 Å². The molecular formula is C27H25F2N3O3S. The normalized spacial score (nSPS) is 13.6. The quantitative estimate of drug-likeness (QED) is 0.249. The third-order valence-corrected chi connectivity index (χ3v) is 6.84. The Balaban J connectivity index is 0.00000304. The van der Waals surface area contributed by atoms with Crippen molar-refractivity contribution in [2.45, 2.75) is 32.7 Å². The van der Waals surface area contributed by atoms with Crippen LogP contribution < -0.4 is 10.6 Å². The number of carboxylic acids is 1. The zero-order chi connectivity index (χ0) is 24.5. The van der Waals surface area contributed by atoms with Crippen molar-refractivity contribution in [1.82, 2.24) is 10.3 Å². The van der Waals surface area contributed by atoms with Crippen molar-refractivity contribution in [3.05, 3.63) is 77.9 Å². The Kier molecular flexibility index (Phi) is 7.30. The molecule has 1 saturated carbocycles. The number of amides is 1. The Morgan fingerprint density at radius 2 is 1.75 bits per heavy atom. The molecule has 4 aromatic rings. The summed E-state index contributed by atoms with van der Waals surface area (Å²) >= 11 is 1.23. The smallest absolute Gasteiger partial charge is 0.326 e. The standard InChI is InChI=1S/C26H21F2N3O3S.CH4/c27-18-8-10-21-23(13-18)35-26(31-21)30-20-9-7-17(12-19(20)28)15-3-5-16(6-4-15)24(32)29-22(25(33)34)11-14-1-2-14;/h3-10,12-14,22H,1-2,11H2,(H,29,32)(H,30,31)(H,33,34);1H4/t22-;/m0./s1. The number of carbonyl (C=O) groups is 2. The van der Waals surface area contributed by atoms with Crippen LogP contribution in [0.2, 0.25) is 0 Å². The van der Waals surface area contributed by atoms with Gasteiger partial charge >= 0.3 is 5.97 Å². The maximum atomic E-state index is 14.8. The second kappa shape index (κ2) is 10.4. The van der Waals surface area contributed by atoms with Gasteiger partial charge in [-0.2, -0.15) is 0 Å². The number of rotatable bonds is 8. The highest BCUT2D eigenvalue weighted by Gasteiger charge is 2.30. The van der Waals surface area contributed by atoms with Crippen molar-refractivity contribution in [1.29, 1.82) is 0 Å². The number of hydrogen-bond donors (Lipinski definition) is 3. The average molecular weight is 510 g/mol. The molecule has 9 heteroatoms. The van der Waals surface area contributed by atoms with E-state index in [1.807, 2.05) is 0 Å². The number of aliphatic carboxylic acids is 1. The molecule has 3 N–H and O–H groups in total. The zero-order valence-electron chi connectivity index (χ0n) is 18.4. The molecule has 0 saturated heterocycles. The van der Waals surface area contributed by atoms with Crippen LogP contribution in [-0.4, -0.2) is 28.0 Å². The molecule has 186 valence electrons. The lowest BCUT2D eigenvalue weighted by molar-refractivity contribution is -0.139. The molecule has 36 heavy (non-hydrogen) atoms. The summed E-state index contributed by atoms with van der Waals surface area (Å²) in [4.78, 5) is 28.3. The first-order chi connectivity index (χ1) is 16.9. The van der Waals surface area contributed by atoms with Crippen molar-refractivity contribution in [2.24, 2.45) is 5.92 Å². The summed E-state index contributed by atoms with van der Waals surface area (Å²) < 4.78 is 28.9. The Labute approximate surface area is 211 Å². The number of anilines is 2. The summed E-state index contributed by atoms with van der Waals surface area (Å²) in [6, 6.07) is 14.6. The number of nitrogens with one attached hydrogen (secondary N) is 2. The summed E-state index contributed by atoms with van der Waals surface area (Å²) in [6.45, 7) is 0. The Hall–Kier alpha value is -3.85. The minimum atomic E-state index is -1.04. The Bertz CT molecular complexity index is 1420. The predicted octanol–water partition coefficient (Wildman–Crippen LogP) is 6.60. The van der Waals surface area contributed by atoms with Crippen LogP contribution in [0.5, 0.6) is 0 Å². The minimum absolute atomic E-state index is 0. The van der Waals surface area contributed by atoms with Gasteiger partial charge < -0.3 is 15.7 Å².